The predicted octanol–water partition coefficient (Wildman–Crippen LogP) is 2.55. The van der Waals surface area contributed by atoms with E-state index >= 15 is 0 Å². The van der Waals surface area contributed by atoms with E-state index in [4.69, 9.17) is 4.74 Å². The van der Waals surface area contributed by atoms with Crippen molar-refractivity contribution in [2.75, 3.05) is 33.3 Å². The van der Waals surface area contributed by atoms with E-state index in [-0.39, 0.29) is 17.9 Å². The van der Waals surface area contributed by atoms with Crippen LogP contribution in [0, 0.1) is 0 Å². The number of aromatic nitrogens is 1. The summed E-state index contributed by atoms with van der Waals surface area (Å²) < 4.78 is 5.33. The smallest absolute Gasteiger partial charge is 0.253 e. The molecule has 0 radical (unpaired) electrons. The Labute approximate surface area is 172 Å². The first-order chi connectivity index (χ1) is 14.2. The number of ether oxygens (including phenoxy) is 1. The Morgan fingerprint density at radius 3 is 2.55 bits per heavy atom. The van der Waals surface area contributed by atoms with Gasteiger partial charge in [-0.15, -0.1) is 0 Å². The van der Waals surface area contributed by atoms with Gasteiger partial charge in [-0.3, -0.25) is 14.7 Å². The molecule has 2 aliphatic heterocycles. The van der Waals surface area contributed by atoms with Gasteiger partial charge >= 0.3 is 0 Å². The van der Waals surface area contributed by atoms with Crippen LogP contribution >= 0.6 is 0 Å². The molecule has 0 bridgehead atoms. The molecule has 0 aliphatic carbocycles. The van der Waals surface area contributed by atoms with Crippen LogP contribution in [-0.2, 0) is 0 Å². The molecule has 1 N–H and O–H groups in total. The normalized spacial score (nSPS) is 23.7. The largest absolute Gasteiger partial charge is 0.497 e. The summed E-state index contributed by atoms with van der Waals surface area (Å²) in [6.07, 6.45) is 5.78. The summed E-state index contributed by atoms with van der Waals surface area (Å²) in [6, 6.07) is 12.0. The van der Waals surface area contributed by atoms with Gasteiger partial charge in [-0.25, -0.2) is 0 Å². The number of benzene rings is 1. The molecule has 6 nitrogen and oxygen atoms in total. The zero-order valence-corrected chi connectivity index (χ0v) is 16.9. The number of methoxy groups -OCH3 is 1. The van der Waals surface area contributed by atoms with Crippen LogP contribution in [0.1, 0.15) is 41.1 Å². The Hall–Kier alpha value is -2.44. The molecule has 0 unspecified atom stereocenters. The highest BCUT2D eigenvalue weighted by atomic mass is 16.5. The molecule has 3 heterocycles. The number of aliphatic hydroxyl groups excluding tert-OH is 1. The molecule has 4 rings (SSSR count). The molecule has 29 heavy (non-hydrogen) atoms. The highest BCUT2D eigenvalue weighted by molar-refractivity contribution is 5.94. The first-order valence-electron chi connectivity index (χ1n) is 10.4. The summed E-state index contributed by atoms with van der Waals surface area (Å²) in [5.41, 5.74) is 1.85. The number of carbonyl (C=O) groups is 1. The second-order valence-electron chi connectivity index (χ2n) is 7.99. The minimum Gasteiger partial charge on any atom is -0.497 e. The summed E-state index contributed by atoms with van der Waals surface area (Å²) in [5, 5.41) is 10.8. The van der Waals surface area contributed by atoms with Gasteiger partial charge in [-0.05, 0) is 55.6 Å². The van der Waals surface area contributed by atoms with Crippen LogP contribution in [0.5, 0.6) is 5.75 Å². The number of hydrogen-bond acceptors (Lipinski definition) is 5. The van der Waals surface area contributed by atoms with E-state index in [1.165, 1.54) is 0 Å². The Morgan fingerprint density at radius 2 is 1.86 bits per heavy atom. The summed E-state index contributed by atoms with van der Waals surface area (Å²) in [4.78, 5) is 21.0. The highest BCUT2D eigenvalue weighted by Crippen LogP contribution is 2.32. The molecule has 2 fully saturated rings. The number of hydrogen-bond donors (Lipinski definition) is 1. The molecule has 0 saturated carbocycles. The molecule has 1 aromatic carbocycles. The number of rotatable bonds is 4. The van der Waals surface area contributed by atoms with Crippen molar-refractivity contribution in [2.24, 2.45) is 0 Å². The first-order valence-corrected chi connectivity index (χ1v) is 10.4. The third kappa shape index (κ3) is 4.43. The number of pyridine rings is 1. The molecule has 1 amide bonds. The van der Waals surface area contributed by atoms with E-state index in [1.54, 1.807) is 31.6 Å². The van der Waals surface area contributed by atoms with Crippen LogP contribution < -0.4 is 4.74 Å². The van der Waals surface area contributed by atoms with Crippen molar-refractivity contribution in [1.82, 2.24) is 14.8 Å². The van der Waals surface area contributed by atoms with Crippen molar-refractivity contribution < 1.29 is 14.6 Å². The maximum atomic E-state index is 12.6. The van der Waals surface area contributed by atoms with E-state index < -0.39 is 0 Å². The Bertz CT molecular complexity index is 821. The molecular formula is C23H29N3O3. The lowest BCUT2D eigenvalue weighted by molar-refractivity contribution is 0.0120. The van der Waals surface area contributed by atoms with E-state index in [0.717, 1.165) is 50.2 Å². The fourth-order valence-electron chi connectivity index (χ4n) is 4.66. The third-order valence-electron chi connectivity index (χ3n) is 6.33. The van der Waals surface area contributed by atoms with Gasteiger partial charge in [0.2, 0.25) is 0 Å². The topological polar surface area (TPSA) is 65.9 Å². The zero-order valence-electron chi connectivity index (χ0n) is 16.9. The van der Waals surface area contributed by atoms with Crippen LogP contribution in [0.2, 0.25) is 0 Å². The average Bonchev–Trinajstić information content (AvgIpc) is 2.79. The average molecular weight is 396 g/mol. The Balaban J connectivity index is 1.32. The van der Waals surface area contributed by atoms with Crippen molar-refractivity contribution in [2.45, 2.75) is 37.3 Å². The lowest BCUT2D eigenvalue weighted by atomic mass is 9.85. The van der Waals surface area contributed by atoms with Gasteiger partial charge in [0.05, 0.1) is 13.2 Å². The standard InChI is InChI=1S/C23H29N3O3/c1-29-20-4-2-3-18(15-20)21-9-14-26(16-22(21)27)19-7-12-25(13-8-19)23(28)17-5-10-24-11-6-17/h2-6,10-11,15,19,21-22,27H,7-9,12-14,16H2,1H3/t21-,22+/m0/s1. The van der Waals surface area contributed by atoms with Crippen LogP contribution in [0.3, 0.4) is 0 Å². The number of carbonyl (C=O) groups excluding carboxylic acids is 1. The fraction of sp³-hybridized carbons (Fsp3) is 0.478. The van der Waals surface area contributed by atoms with Gasteiger partial charge in [-0.2, -0.15) is 0 Å². The van der Waals surface area contributed by atoms with E-state index in [9.17, 15) is 9.90 Å². The summed E-state index contributed by atoms with van der Waals surface area (Å²) in [7, 11) is 1.67. The van der Waals surface area contributed by atoms with Crippen LogP contribution in [0.25, 0.3) is 0 Å². The summed E-state index contributed by atoms with van der Waals surface area (Å²) >= 11 is 0. The number of amides is 1. The van der Waals surface area contributed by atoms with Crippen molar-refractivity contribution in [3.63, 3.8) is 0 Å². The molecule has 2 saturated heterocycles. The number of β-amino-alcohol motifs (C(OH)–C–C–N with tert-alkyl or cyclic N) is 1. The quantitative estimate of drug-likeness (QED) is 0.862. The maximum Gasteiger partial charge on any atom is 0.253 e. The van der Waals surface area contributed by atoms with Gasteiger partial charge < -0.3 is 14.7 Å². The number of likely N-dealkylation sites (tertiary alicyclic amines) is 2. The van der Waals surface area contributed by atoms with E-state index in [1.807, 2.05) is 23.1 Å². The molecule has 2 aromatic rings. The number of aliphatic hydroxyl groups is 1. The monoisotopic (exact) mass is 395 g/mol. The van der Waals surface area contributed by atoms with Crippen LogP contribution in [0.4, 0.5) is 0 Å². The minimum atomic E-state index is -0.382. The molecule has 154 valence electrons. The molecular weight excluding hydrogens is 366 g/mol. The Morgan fingerprint density at radius 1 is 1.10 bits per heavy atom. The molecule has 0 spiro atoms. The van der Waals surface area contributed by atoms with E-state index in [2.05, 4.69) is 16.0 Å². The van der Waals surface area contributed by atoms with Gasteiger partial charge in [-0.1, -0.05) is 12.1 Å². The molecule has 1 aromatic heterocycles. The molecule has 6 heteroatoms. The van der Waals surface area contributed by atoms with Crippen molar-refractivity contribution in [1.29, 1.82) is 0 Å². The minimum absolute atomic E-state index is 0.0858. The first kappa shape index (κ1) is 19.9. The molecule has 2 aliphatic rings. The summed E-state index contributed by atoms with van der Waals surface area (Å²) in [5.74, 6) is 1.07. The maximum absolute atomic E-state index is 12.6. The van der Waals surface area contributed by atoms with Gasteiger partial charge in [0.25, 0.3) is 5.91 Å². The fourth-order valence-corrected chi connectivity index (χ4v) is 4.66. The van der Waals surface area contributed by atoms with Gasteiger partial charge in [0.15, 0.2) is 0 Å². The third-order valence-corrected chi connectivity index (χ3v) is 6.33. The summed E-state index contributed by atoms with van der Waals surface area (Å²) in [6.45, 7) is 3.18. The number of piperidine rings is 2. The number of nitrogens with zero attached hydrogens (tertiary/aromatic N) is 3. The van der Waals surface area contributed by atoms with Gasteiger partial charge in [0, 0.05) is 49.6 Å². The SMILES string of the molecule is COc1cccc([C@@H]2CCN(C3CCN(C(=O)c4ccncc4)CC3)C[C@H]2O)c1. The second kappa shape index (κ2) is 8.93. The van der Waals surface area contributed by atoms with Crippen molar-refractivity contribution in [3.8, 4) is 5.75 Å². The molecule has 2 atom stereocenters. The Kier molecular flexibility index (Phi) is 6.11. The van der Waals surface area contributed by atoms with Crippen molar-refractivity contribution in [3.05, 3.63) is 59.9 Å². The van der Waals surface area contributed by atoms with Crippen LogP contribution in [-0.4, -0.2) is 71.2 Å². The second-order valence-corrected chi connectivity index (χ2v) is 7.99. The van der Waals surface area contributed by atoms with Crippen molar-refractivity contribution >= 4 is 5.91 Å². The van der Waals surface area contributed by atoms with Gasteiger partial charge in [0.1, 0.15) is 5.75 Å². The highest BCUT2D eigenvalue weighted by Gasteiger charge is 2.34. The van der Waals surface area contributed by atoms with E-state index in [0.29, 0.717) is 18.2 Å². The lowest BCUT2D eigenvalue weighted by Crippen LogP contribution is -2.52. The lowest BCUT2D eigenvalue weighted by Gasteiger charge is -2.43. The zero-order chi connectivity index (χ0) is 20.2. The predicted molar refractivity (Wildman–Crippen MR) is 111 cm³/mol. The van der Waals surface area contributed by atoms with Crippen LogP contribution in [0.15, 0.2) is 48.8 Å².